The molecule has 0 saturated carbocycles. The van der Waals surface area contributed by atoms with Crippen molar-refractivity contribution in [1.29, 1.82) is 5.41 Å². The maximum absolute atomic E-state index is 13.0. The summed E-state index contributed by atoms with van der Waals surface area (Å²) in [5.74, 6) is 0.0958. The fourth-order valence-corrected chi connectivity index (χ4v) is 4.03. The predicted octanol–water partition coefficient (Wildman–Crippen LogP) is 2.90. The Bertz CT molecular complexity index is 1060. The van der Waals surface area contributed by atoms with Gasteiger partial charge >= 0.3 is 0 Å². The number of nitrogens with one attached hydrogen (secondary N) is 1. The summed E-state index contributed by atoms with van der Waals surface area (Å²) in [5.41, 5.74) is 5.51. The van der Waals surface area contributed by atoms with Crippen LogP contribution in [0.4, 0.5) is 5.69 Å². The second kappa shape index (κ2) is 8.17. The van der Waals surface area contributed by atoms with Crippen LogP contribution in [0.1, 0.15) is 52.9 Å². The summed E-state index contributed by atoms with van der Waals surface area (Å²) < 4.78 is 1.95. The van der Waals surface area contributed by atoms with Crippen LogP contribution >= 0.6 is 0 Å². The van der Waals surface area contributed by atoms with Crippen LogP contribution in [0.5, 0.6) is 0 Å². The molecule has 1 aromatic carbocycles. The van der Waals surface area contributed by atoms with Gasteiger partial charge in [0.15, 0.2) is 0 Å². The largest absolute Gasteiger partial charge is 0.339 e. The van der Waals surface area contributed by atoms with Crippen molar-refractivity contribution in [3.63, 3.8) is 0 Å². The Morgan fingerprint density at radius 1 is 1.10 bits per heavy atom. The number of fused-ring (bicyclic) bond motifs is 1. The third kappa shape index (κ3) is 3.80. The summed E-state index contributed by atoms with van der Waals surface area (Å²) >= 11 is 0. The molecule has 0 aliphatic carbocycles. The Morgan fingerprint density at radius 3 is 2.59 bits per heavy atom. The van der Waals surface area contributed by atoms with Gasteiger partial charge < -0.3 is 10.2 Å². The van der Waals surface area contributed by atoms with Crippen molar-refractivity contribution in [2.24, 2.45) is 0 Å². The molecule has 4 rings (SSSR count). The maximum Gasteiger partial charge on any atom is 0.254 e. The molecule has 29 heavy (non-hydrogen) atoms. The molecule has 1 fully saturated rings. The Kier molecular flexibility index (Phi) is 5.45. The number of hydrogen-bond acceptors (Lipinski definition) is 3. The summed E-state index contributed by atoms with van der Waals surface area (Å²) in [6.45, 7) is 3.70. The molecular formula is C23H28N5O+. The second-order valence-electron chi connectivity index (χ2n) is 7.75. The Morgan fingerprint density at radius 2 is 1.86 bits per heavy atom. The topological polar surface area (TPSA) is 78.1 Å². The summed E-state index contributed by atoms with van der Waals surface area (Å²) in [6.07, 6.45) is 8.30. The minimum Gasteiger partial charge on any atom is -0.339 e. The number of aryl methyl sites for hydroxylation is 1. The zero-order chi connectivity index (χ0) is 20.4. The van der Waals surface area contributed by atoms with Gasteiger partial charge in [0, 0.05) is 30.9 Å². The molecule has 6 nitrogen and oxygen atoms in total. The van der Waals surface area contributed by atoms with E-state index in [0.29, 0.717) is 11.3 Å². The Hall–Kier alpha value is -2.99. The van der Waals surface area contributed by atoms with Gasteiger partial charge in [-0.3, -0.25) is 14.6 Å². The second-order valence-corrected chi connectivity index (χ2v) is 7.75. The smallest absolute Gasteiger partial charge is 0.254 e. The zero-order valence-corrected chi connectivity index (χ0v) is 17.1. The Balaban J connectivity index is 1.66. The van der Waals surface area contributed by atoms with Gasteiger partial charge in [0.1, 0.15) is 11.3 Å². The first-order valence-electron chi connectivity index (χ1n) is 10.3. The van der Waals surface area contributed by atoms with Crippen LogP contribution in [-0.2, 0) is 0 Å². The summed E-state index contributed by atoms with van der Waals surface area (Å²) in [4.78, 5) is 19.4. The maximum atomic E-state index is 13.0. The van der Waals surface area contributed by atoms with Crippen molar-refractivity contribution >= 4 is 23.0 Å². The highest BCUT2D eigenvalue weighted by molar-refractivity contribution is 6.13. The predicted molar refractivity (Wildman–Crippen MR) is 114 cm³/mol. The SMILES string of the molecule is C[NH2+]c1cc(C(=O)N2CCCCCC2)ccc1C(=N)c1cnc2ccc(C)cn12. The van der Waals surface area contributed by atoms with E-state index in [1.54, 1.807) is 6.20 Å². The normalized spacial score (nSPS) is 14.8. The van der Waals surface area contributed by atoms with Gasteiger partial charge in [-0.15, -0.1) is 0 Å². The van der Waals surface area contributed by atoms with E-state index in [1.807, 2.05) is 65.1 Å². The molecule has 6 heteroatoms. The van der Waals surface area contributed by atoms with Crippen LogP contribution in [-0.4, -0.2) is 46.0 Å². The van der Waals surface area contributed by atoms with Crippen molar-refractivity contribution in [3.8, 4) is 0 Å². The highest BCUT2D eigenvalue weighted by atomic mass is 16.2. The molecule has 0 radical (unpaired) electrons. The quantitative estimate of drug-likeness (QED) is 0.531. The average molecular weight is 391 g/mol. The molecule has 0 atom stereocenters. The molecule has 1 aliphatic rings. The van der Waals surface area contributed by atoms with Crippen LogP contribution in [0.25, 0.3) is 5.65 Å². The fraction of sp³-hybridized carbons (Fsp3) is 0.348. The molecule has 0 unspecified atom stereocenters. The minimum absolute atomic E-state index is 0.0958. The molecule has 1 amide bonds. The summed E-state index contributed by atoms with van der Waals surface area (Å²) in [6, 6.07) is 9.66. The number of benzene rings is 1. The minimum atomic E-state index is 0.0958. The number of pyridine rings is 1. The first kappa shape index (κ1) is 19.3. The van der Waals surface area contributed by atoms with E-state index < -0.39 is 0 Å². The number of aromatic nitrogens is 2. The lowest BCUT2D eigenvalue weighted by atomic mass is 10.0. The first-order valence-corrected chi connectivity index (χ1v) is 10.3. The molecule has 1 aliphatic heterocycles. The Labute approximate surface area is 171 Å². The number of carbonyl (C=O) groups excluding carboxylic acids is 1. The van der Waals surface area contributed by atoms with Crippen LogP contribution in [0, 0.1) is 12.3 Å². The van der Waals surface area contributed by atoms with Gasteiger partial charge in [-0.1, -0.05) is 18.9 Å². The molecule has 2 aromatic heterocycles. The lowest BCUT2D eigenvalue weighted by Gasteiger charge is -2.20. The number of carbonyl (C=O) groups is 1. The van der Waals surface area contributed by atoms with Crippen LogP contribution in [0.3, 0.4) is 0 Å². The van der Waals surface area contributed by atoms with Crippen molar-refractivity contribution in [3.05, 3.63) is 65.1 Å². The van der Waals surface area contributed by atoms with Crippen molar-refractivity contribution in [2.45, 2.75) is 32.6 Å². The lowest BCUT2D eigenvalue weighted by molar-refractivity contribution is -0.539. The number of rotatable bonds is 4. The van der Waals surface area contributed by atoms with Crippen LogP contribution in [0.15, 0.2) is 42.7 Å². The molecule has 0 bridgehead atoms. The molecule has 3 aromatic rings. The number of quaternary nitrogens is 1. The highest BCUT2D eigenvalue weighted by Gasteiger charge is 2.21. The molecule has 150 valence electrons. The van der Waals surface area contributed by atoms with Crippen LogP contribution < -0.4 is 5.32 Å². The average Bonchev–Trinajstić information content (AvgIpc) is 2.96. The summed E-state index contributed by atoms with van der Waals surface area (Å²) in [7, 11) is 1.95. The fourth-order valence-electron chi connectivity index (χ4n) is 4.03. The zero-order valence-electron chi connectivity index (χ0n) is 17.1. The van der Waals surface area contributed by atoms with Gasteiger partial charge in [0.25, 0.3) is 5.91 Å². The van der Waals surface area contributed by atoms with E-state index in [4.69, 9.17) is 5.41 Å². The third-order valence-electron chi connectivity index (χ3n) is 5.68. The molecule has 0 spiro atoms. The van der Waals surface area contributed by atoms with Crippen LogP contribution in [0.2, 0.25) is 0 Å². The molecule has 1 saturated heterocycles. The van der Waals surface area contributed by atoms with Crippen molar-refractivity contribution in [1.82, 2.24) is 14.3 Å². The number of imidazole rings is 1. The molecular weight excluding hydrogens is 362 g/mol. The van der Waals surface area contributed by atoms with E-state index >= 15 is 0 Å². The number of nitrogens with zero attached hydrogens (tertiary/aromatic N) is 3. The van der Waals surface area contributed by atoms with Gasteiger partial charge in [-0.2, -0.15) is 0 Å². The van der Waals surface area contributed by atoms with E-state index in [2.05, 4.69) is 4.98 Å². The number of amides is 1. The number of hydrogen-bond donors (Lipinski definition) is 2. The molecule has 3 heterocycles. The van der Waals surface area contributed by atoms with Crippen molar-refractivity contribution < 1.29 is 10.1 Å². The van der Waals surface area contributed by atoms with E-state index in [0.717, 1.165) is 54.1 Å². The van der Waals surface area contributed by atoms with E-state index in [1.165, 1.54) is 12.8 Å². The van der Waals surface area contributed by atoms with Gasteiger partial charge in [-0.05, 0) is 43.5 Å². The van der Waals surface area contributed by atoms with Gasteiger partial charge in [-0.25, -0.2) is 4.98 Å². The standard InChI is InChI=1S/C23H27N5O/c1-16-7-10-21-26-14-20(28(21)15-16)22(24)18-9-8-17(13-19(18)25-2)23(29)27-11-5-3-4-6-12-27/h7-10,13-15,24-25H,3-6,11-12H2,1-2H3/p+1. The highest BCUT2D eigenvalue weighted by Crippen LogP contribution is 2.21. The monoisotopic (exact) mass is 390 g/mol. The first-order chi connectivity index (χ1) is 14.1. The van der Waals surface area contributed by atoms with E-state index in [-0.39, 0.29) is 5.91 Å². The van der Waals surface area contributed by atoms with E-state index in [9.17, 15) is 4.79 Å². The summed E-state index contributed by atoms with van der Waals surface area (Å²) in [5, 5.41) is 10.8. The van der Waals surface area contributed by atoms with Gasteiger partial charge in [0.2, 0.25) is 0 Å². The number of likely N-dealkylation sites (tertiary alicyclic amines) is 1. The lowest BCUT2D eigenvalue weighted by Crippen LogP contribution is -2.73. The third-order valence-corrected chi connectivity index (χ3v) is 5.68. The van der Waals surface area contributed by atoms with Gasteiger partial charge in [0.05, 0.1) is 30.2 Å². The molecule has 3 N–H and O–H groups in total. The van der Waals surface area contributed by atoms with Crippen molar-refractivity contribution in [2.75, 3.05) is 20.1 Å². The number of nitrogens with two attached hydrogens (primary N) is 1.